The van der Waals surface area contributed by atoms with Crippen LogP contribution >= 0.6 is 0 Å². The van der Waals surface area contributed by atoms with Crippen LogP contribution in [0.15, 0.2) is 18.6 Å². The Balaban J connectivity index is 1.94. The minimum atomic E-state index is -0.163. The van der Waals surface area contributed by atoms with Gasteiger partial charge in [0.15, 0.2) is 5.82 Å². The zero-order valence-electron chi connectivity index (χ0n) is 9.72. The molecule has 1 aliphatic rings. The van der Waals surface area contributed by atoms with Gasteiger partial charge >= 0.3 is 0 Å². The molecule has 1 aromatic rings. The first-order valence-corrected chi connectivity index (χ1v) is 5.75. The van der Waals surface area contributed by atoms with Crippen LogP contribution in [0, 0.1) is 11.8 Å². The Morgan fingerprint density at radius 2 is 2.35 bits per heavy atom. The van der Waals surface area contributed by atoms with E-state index < -0.39 is 0 Å². The van der Waals surface area contributed by atoms with Crippen LogP contribution in [0.5, 0.6) is 0 Å². The Bertz CT molecular complexity index is 419. The van der Waals surface area contributed by atoms with E-state index in [-0.39, 0.29) is 23.5 Å². The van der Waals surface area contributed by atoms with Gasteiger partial charge in [-0.05, 0) is 12.3 Å². The fourth-order valence-corrected chi connectivity index (χ4v) is 2.09. The molecule has 0 saturated heterocycles. The third-order valence-corrected chi connectivity index (χ3v) is 3.22. The second kappa shape index (κ2) is 5.03. The molecule has 1 N–H and O–H groups in total. The molecule has 0 radical (unpaired) electrons. The SMILES string of the molecule is CC(C(=O)Nc1cnccn1)C1CCC(=O)C1. The Kier molecular flexibility index (Phi) is 3.46. The highest BCUT2D eigenvalue weighted by molar-refractivity contribution is 5.92. The van der Waals surface area contributed by atoms with E-state index in [2.05, 4.69) is 15.3 Å². The molecule has 1 fully saturated rings. The summed E-state index contributed by atoms with van der Waals surface area (Å²) < 4.78 is 0. The molecule has 2 rings (SSSR count). The van der Waals surface area contributed by atoms with Crippen LogP contribution in [0.25, 0.3) is 0 Å². The van der Waals surface area contributed by atoms with Crippen molar-refractivity contribution in [2.75, 3.05) is 5.32 Å². The van der Waals surface area contributed by atoms with Crippen LogP contribution in [0.4, 0.5) is 5.82 Å². The maximum atomic E-state index is 11.9. The van der Waals surface area contributed by atoms with E-state index in [9.17, 15) is 9.59 Å². The third-order valence-electron chi connectivity index (χ3n) is 3.22. The van der Waals surface area contributed by atoms with E-state index in [4.69, 9.17) is 0 Å². The van der Waals surface area contributed by atoms with Crippen LogP contribution in [0.2, 0.25) is 0 Å². The van der Waals surface area contributed by atoms with Gasteiger partial charge in [-0.25, -0.2) is 4.98 Å². The molecule has 1 saturated carbocycles. The fourth-order valence-electron chi connectivity index (χ4n) is 2.09. The van der Waals surface area contributed by atoms with Crippen LogP contribution in [-0.4, -0.2) is 21.7 Å². The van der Waals surface area contributed by atoms with Gasteiger partial charge in [0.25, 0.3) is 0 Å². The van der Waals surface area contributed by atoms with Crippen molar-refractivity contribution in [1.82, 2.24) is 9.97 Å². The second-order valence-corrected chi connectivity index (χ2v) is 4.41. The molecule has 2 unspecified atom stereocenters. The summed E-state index contributed by atoms with van der Waals surface area (Å²) in [5.41, 5.74) is 0. The highest BCUT2D eigenvalue weighted by Crippen LogP contribution is 2.29. The largest absolute Gasteiger partial charge is 0.309 e. The Hall–Kier alpha value is -1.78. The fraction of sp³-hybridized carbons (Fsp3) is 0.500. The molecule has 1 heterocycles. The van der Waals surface area contributed by atoms with Crippen molar-refractivity contribution >= 4 is 17.5 Å². The summed E-state index contributed by atoms with van der Waals surface area (Å²) in [7, 11) is 0. The lowest BCUT2D eigenvalue weighted by atomic mass is 9.92. The van der Waals surface area contributed by atoms with Gasteiger partial charge in [-0.15, -0.1) is 0 Å². The number of rotatable bonds is 3. The average molecular weight is 233 g/mol. The first-order chi connectivity index (χ1) is 8.16. The van der Waals surface area contributed by atoms with Crippen molar-refractivity contribution in [2.24, 2.45) is 11.8 Å². The highest BCUT2D eigenvalue weighted by Gasteiger charge is 2.30. The summed E-state index contributed by atoms with van der Waals surface area (Å²) in [6.07, 6.45) is 6.52. The molecule has 1 aromatic heterocycles. The number of hydrogen-bond acceptors (Lipinski definition) is 4. The zero-order valence-corrected chi connectivity index (χ0v) is 9.72. The van der Waals surface area contributed by atoms with Crippen LogP contribution in [0.1, 0.15) is 26.2 Å². The number of amides is 1. The van der Waals surface area contributed by atoms with Crippen molar-refractivity contribution < 1.29 is 9.59 Å². The molecular formula is C12H15N3O2. The quantitative estimate of drug-likeness (QED) is 0.857. The normalized spacial score (nSPS) is 21.2. The lowest BCUT2D eigenvalue weighted by molar-refractivity contribution is -0.121. The van der Waals surface area contributed by atoms with Gasteiger partial charge in [0.1, 0.15) is 5.78 Å². The summed E-state index contributed by atoms with van der Waals surface area (Å²) in [6.45, 7) is 1.86. The summed E-state index contributed by atoms with van der Waals surface area (Å²) in [5.74, 6) is 0.621. The standard InChI is InChI=1S/C12H15N3O2/c1-8(9-2-3-10(16)6-9)12(17)15-11-7-13-4-5-14-11/h4-5,7-9H,2-3,6H2,1H3,(H,14,15,17). The first kappa shape index (κ1) is 11.7. The van der Waals surface area contributed by atoms with Gasteiger partial charge in [-0.2, -0.15) is 0 Å². The van der Waals surface area contributed by atoms with Crippen LogP contribution < -0.4 is 5.32 Å². The minimum Gasteiger partial charge on any atom is -0.309 e. The highest BCUT2D eigenvalue weighted by atomic mass is 16.2. The van der Waals surface area contributed by atoms with Crippen LogP contribution in [0.3, 0.4) is 0 Å². The van der Waals surface area contributed by atoms with Gasteiger partial charge < -0.3 is 5.32 Å². The lowest BCUT2D eigenvalue weighted by Gasteiger charge is -2.16. The van der Waals surface area contributed by atoms with Crippen LogP contribution in [-0.2, 0) is 9.59 Å². The summed E-state index contributed by atoms with van der Waals surface area (Å²) in [6, 6.07) is 0. The van der Waals surface area contributed by atoms with E-state index in [0.717, 1.165) is 6.42 Å². The van der Waals surface area contributed by atoms with Gasteiger partial charge in [0, 0.05) is 31.2 Å². The molecule has 1 amide bonds. The number of nitrogens with one attached hydrogen (secondary N) is 1. The predicted octanol–water partition coefficient (Wildman–Crippen LogP) is 1.42. The lowest BCUT2D eigenvalue weighted by Crippen LogP contribution is -2.26. The van der Waals surface area contributed by atoms with Crippen molar-refractivity contribution in [3.63, 3.8) is 0 Å². The Morgan fingerprint density at radius 1 is 1.53 bits per heavy atom. The summed E-state index contributed by atoms with van der Waals surface area (Å²) in [5, 5.41) is 2.71. The molecule has 0 aromatic carbocycles. The number of nitrogens with zero attached hydrogens (tertiary/aromatic N) is 2. The van der Waals surface area contributed by atoms with E-state index in [1.807, 2.05) is 6.92 Å². The number of aromatic nitrogens is 2. The number of hydrogen-bond donors (Lipinski definition) is 1. The average Bonchev–Trinajstić information content (AvgIpc) is 2.76. The van der Waals surface area contributed by atoms with E-state index in [1.165, 1.54) is 12.4 Å². The summed E-state index contributed by atoms with van der Waals surface area (Å²) in [4.78, 5) is 31.0. The molecule has 5 heteroatoms. The number of carbonyl (C=O) groups excluding carboxylic acids is 2. The Morgan fingerprint density at radius 3 is 2.94 bits per heavy atom. The van der Waals surface area contributed by atoms with Gasteiger partial charge in [0.2, 0.25) is 5.91 Å². The monoisotopic (exact) mass is 233 g/mol. The first-order valence-electron chi connectivity index (χ1n) is 5.75. The maximum absolute atomic E-state index is 11.9. The molecule has 0 bridgehead atoms. The number of ketones is 1. The van der Waals surface area contributed by atoms with E-state index >= 15 is 0 Å². The third kappa shape index (κ3) is 2.87. The van der Waals surface area contributed by atoms with Gasteiger partial charge in [-0.1, -0.05) is 6.92 Å². The van der Waals surface area contributed by atoms with E-state index in [0.29, 0.717) is 18.7 Å². The molecule has 1 aliphatic carbocycles. The zero-order chi connectivity index (χ0) is 12.3. The topological polar surface area (TPSA) is 72.0 Å². The van der Waals surface area contributed by atoms with Gasteiger partial charge in [-0.3, -0.25) is 14.6 Å². The van der Waals surface area contributed by atoms with E-state index in [1.54, 1.807) is 6.20 Å². The van der Waals surface area contributed by atoms with Crippen molar-refractivity contribution in [1.29, 1.82) is 0 Å². The number of anilines is 1. The second-order valence-electron chi connectivity index (χ2n) is 4.41. The number of Topliss-reactive ketones (excluding diaryl/α,β-unsaturated/α-hetero) is 1. The predicted molar refractivity (Wildman–Crippen MR) is 62.2 cm³/mol. The molecule has 5 nitrogen and oxygen atoms in total. The number of carbonyl (C=O) groups is 2. The molecule has 2 atom stereocenters. The Labute approximate surface area is 99.7 Å². The minimum absolute atomic E-state index is 0.0924. The molecule has 17 heavy (non-hydrogen) atoms. The smallest absolute Gasteiger partial charge is 0.228 e. The molecular weight excluding hydrogens is 218 g/mol. The van der Waals surface area contributed by atoms with Crippen molar-refractivity contribution in [3.8, 4) is 0 Å². The van der Waals surface area contributed by atoms with Gasteiger partial charge in [0.05, 0.1) is 6.20 Å². The van der Waals surface area contributed by atoms with Crippen molar-refractivity contribution in [3.05, 3.63) is 18.6 Å². The molecule has 0 spiro atoms. The summed E-state index contributed by atoms with van der Waals surface area (Å²) >= 11 is 0. The maximum Gasteiger partial charge on any atom is 0.228 e. The van der Waals surface area contributed by atoms with Crippen molar-refractivity contribution in [2.45, 2.75) is 26.2 Å². The molecule has 90 valence electrons. The molecule has 0 aliphatic heterocycles.